The van der Waals surface area contributed by atoms with Gasteiger partial charge in [-0.3, -0.25) is 9.69 Å². The predicted octanol–water partition coefficient (Wildman–Crippen LogP) is 4.72. The van der Waals surface area contributed by atoms with Crippen LogP contribution in [0.25, 0.3) is 5.69 Å². The number of aromatic nitrogens is 2. The molecule has 2 fully saturated rings. The molecule has 0 saturated heterocycles. The summed E-state index contributed by atoms with van der Waals surface area (Å²) >= 11 is 0. The highest BCUT2D eigenvalue weighted by Gasteiger charge is 2.28. The molecule has 1 N–H and O–H groups in total. The fraction of sp³-hybridized carbons (Fsp3) is 0.542. The summed E-state index contributed by atoms with van der Waals surface area (Å²) in [6.07, 6.45) is 8.30. The van der Waals surface area contributed by atoms with Crippen molar-refractivity contribution in [3.63, 3.8) is 0 Å². The summed E-state index contributed by atoms with van der Waals surface area (Å²) in [6, 6.07) is 7.49. The van der Waals surface area contributed by atoms with E-state index in [2.05, 4.69) is 5.10 Å². The normalized spacial score (nSPS) is 21.3. The van der Waals surface area contributed by atoms with E-state index in [9.17, 15) is 14.7 Å². The van der Waals surface area contributed by atoms with E-state index in [4.69, 9.17) is 9.47 Å². The van der Waals surface area contributed by atoms with Gasteiger partial charge in [0.15, 0.2) is 0 Å². The molecule has 32 heavy (non-hydrogen) atoms. The number of rotatable bonds is 6. The van der Waals surface area contributed by atoms with Gasteiger partial charge in [-0.15, -0.1) is 0 Å². The zero-order chi connectivity index (χ0) is 22.7. The van der Waals surface area contributed by atoms with Gasteiger partial charge in [0.25, 0.3) is 0 Å². The van der Waals surface area contributed by atoms with Crippen LogP contribution in [0.4, 0.5) is 10.6 Å². The number of carboxylic acids is 1. The van der Waals surface area contributed by atoms with Gasteiger partial charge in [0.05, 0.1) is 23.9 Å². The summed E-state index contributed by atoms with van der Waals surface area (Å²) in [7, 11) is 1.71. The van der Waals surface area contributed by atoms with E-state index in [1.165, 1.54) is 4.90 Å². The molecule has 2 aliphatic rings. The lowest BCUT2D eigenvalue weighted by molar-refractivity contribution is -0.143. The molecule has 0 unspecified atom stereocenters. The number of hydrogen-bond donors (Lipinski definition) is 1. The number of amides is 1. The monoisotopic (exact) mass is 441 g/mol. The van der Waals surface area contributed by atoms with Crippen molar-refractivity contribution in [1.82, 2.24) is 9.78 Å². The lowest BCUT2D eigenvalue weighted by Gasteiger charge is -2.27. The summed E-state index contributed by atoms with van der Waals surface area (Å²) < 4.78 is 13.4. The van der Waals surface area contributed by atoms with E-state index in [0.29, 0.717) is 24.4 Å². The summed E-state index contributed by atoms with van der Waals surface area (Å²) in [4.78, 5) is 25.5. The summed E-state index contributed by atoms with van der Waals surface area (Å²) in [5.41, 5.74) is 1.67. The van der Waals surface area contributed by atoms with E-state index in [0.717, 1.165) is 49.8 Å². The lowest BCUT2D eigenvalue weighted by Crippen LogP contribution is -2.32. The van der Waals surface area contributed by atoms with Crippen LogP contribution in [0.15, 0.2) is 30.5 Å². The third-order valence-corrected chi connectivity index (χ3v) is 6.44. The van der Waals surface area contributed by atoms with E-state index in [-0.39, 0.29) is 24.2 Å². The molecular formula is C24H31N3O5. The Balaban J connectivity index is 1.45. The molecule has 0 spiro atoms. The van der Waals surface area contributed by atoms with Crippen LogP contribution in [0.2, 0.25) is 0 Å². The minimum atomic E-state index is -0.745. The number of benzene rings is 1. The first-order valence-corrected chi connectivity index (χ1v) is 11.4. The van der Waals surface area contributed by atoms with E-state index < -0.39 is 5.97 Å². The summed E-state index contributed by atoms with van der Waals surface area (Å²) in [5.74, 6) is 0.287. The van der Waals surface area contributed by atoms with Gasteiger partial charge in [0.1, 0.15) is 17.7 Å². The Morgan fingerprint density at radius 2 is 1.75 bits per heavy atom. The average molecular weight is 442 g/mol. The van der Waals surface area contributed by atoms with Crippen molar-refractivity contribution in [3.8, 4) is 11.4 Å². The first kappa shape index (κ1) is 22.2. The maximum atomic E-state index is 12.7. The summed E-state index contributed by atoms with van der Waals surface area (Å²) in [6.45, 7) is 1.91. The van der Waals surface area contributed by atoms with Crippen LogP contribution in [-0.2, 0) is 9.53 Å². The van der Waals surface area contributed by atoms with Crippen LogP contribution in [0.3, 0.4) is 0 Å². The van der Waals surface area contributed by atoms with Crippen molar-refractivity contribution in [2.45, 2.75) is 70.5 Å². The predicted molar refractivity (Wildman–Crippen MR) is 119 cm³/mol. The van der Waals surface area contributed by atoms with Crippen molar-refractivity contribution in [3.05, 3.63) is 36.0 Å². The van der Waals surface area contributed by atoms with Gasteiger partial charge in [-0.05, 0) is 82.6 Å². The Hall–Kier alpha value is -3.03. The molecule has 4 rings (SSSR count). The third kappa shape index (κ3) is 4.89. The van der Waals surface area contributed by atoms with Gasteiger partial charge in [-0.25, -0.2) is 9.48 Å². The zero-order valence-corrected chi connectivity index (χ0v) is 18.7. The van der Waals surface area contributed by atoms with E-state index in [1.807, 2.05) is 31.2 Å². The second-order valence-electron chi connectivity index (χ2n) is 8.85. The van der Waals surface area contributed by atoms with Crippen LogP contribution >= 0.6 is 0 Å². The van der Waals surface area contributed by atoms with Gasteiger partial charge in [0.2, 0.25) is 0 Å². The standard InChI is InChI=1S/C24H31N3O5/c1-16-15-25-27(22(16)26(2)24(30)32-19-7-3-4-8-19)18-10-12-20(13-11-18)31-21-9-5-6-17(14-21)23(28)29/h10-13,15,17,19,21H,3-9,14H2,1-2H3,(H,28,29)/t17-,21-/m0/s1. The minimum Gasteiger partial charge on any atom is -0.490 e. The number of hydrogen-bond acceptors (Lipinski definition) is 5. The van der Waals surface area contributed by atoms with Crippen LogP contribution in [0, 0.1) is 12.8 Å². The molecule has 0 bridgehead atoms. The number of carboxylic acid groups (broad SMARTS) is 1. The van der Waals surface area contributed by atoms with Gasteiger partial charge >= 0.3 is 12.1 Å². The Morgan fingerprint density at radius 1 is 1.06 bits per heavy atom. The molecule has 1 aromatic heterocycles. The van der Waals surface area contributed by atoms with Gasteiger partial charge in [0, 0.05) is 12.6 Å². The number of carbonyl (C=O) groups excluding carboxylic acids is 1. The third-order valence-electron chi connectivity index (χ3n) is 6.44. The molecule has 1 aromatic carbocycles. The van der Waals surface area contributed by atoms with Crippen LogP contribution < -0.4 is 9.64 Å². The van der Waals surface area contributed by atoms with Crippen LogP contribution in [0.5, 0.6) is 5.75 Å². The van der Waals surface area contributed by atoms with Crippen molar-refractivity contribution >= 4 is 17.9 Å². The fourth-order valence-electron chi connectivity index (χ4n) is 4.67. The Labute approximate surface area is 188 Å². The van der Waals surface area contributed by atoms with Crippen molar-refractivity contribution in [1.29, 1.82) is 0 Å². The van der Waals surface area contributed by atoms with Gasteiger partial charge in [-0.2, -0.15) is 5.10 Å². The molecule has 1 heterocycles. The van der Waals surface area contributed by atoms with E-state index in [1.54, 1.807) is 17.9 Å². The Morgan fingerprint density at radius 3 is 2.44 bits per heavy atom. The number of aryl methyl sites for hydroxylation is 1. The highest BCUT2D eigenvalue weighted by molar-refractivity contribution is 5.87. The summed E-state index contributed by atoms with van der Waals surface area (Å²) in [5, 5.41) is 13.7. The van der Waals surface area contributed by atoms with Crippen LogP contribution in [0.1, 0.15) is 56.9 Å². The molecule has 8 nitrogen and oxygen atoms in total. The molecule has 8 heteroatoms. The van der Waals surface area contributed by atoms with Crippen LogP contribution in [-0.4, -0.2) is 46.2 Å². The highest BCUT2D eigenvalue weighted by Crippen LogP contribution is 2.30. The molecule has 172 valence electrons. The fourth-order valence-corrected chi connectivity index (χ4v) is 4.67. The number of carbonyl (C=O) groups is 2. The largest absolute Gasteiger partial charge is 0.490 e. The molecule has 2 atom stereocenters. The molecular weight excluding hydrogens is 410 g/mol. The first-order valence-electron chi connectivity index (χ1n) is 11.4. The topological polar surface area (TPSA) is 93.9 Å². The number of ether oxygens (including phenoxy) is 2. The molecule has 2 aromatic rings. The molecule has 2 saturated carbocycles. The lowest BCUT2D eigenvalue weighted by atomic mass is 9.87. The number of anilines is 1. The second kappa shape index (κ2) is 9.63. The maximum Gasteiger partial charge on any atom is 0.415 e. The average Bonchev–Trinajstić information content (AvgIpc) is 3.43. The number of nitrogens with zero attached hydrogens (tertiary/aromatic N) is 3. The smallest absolute Gasteiger partial charge is 0.415 e. The minimum absolute atomic E-state index is 0.00132. The highest BCUT2D eigenvalue weighted by atomic mass is 16.6. The SMILES string of the molecule is Cc1cnn(-c2ccc(O[C@H]3CCC[C@H](C(=O)O)C3)cc2)c1N(C)C(=O)OC1CCCC1. The maximum absolute atomic E-state index is 12.7. The van der Waals surface area contributed by atoms with Gasteiger partial charge < -0.3 is 14.6 Å². The van der Waals surface area contributed by atoms with E-state index >= 15 is 0 Å². The Bertz CT molecular complexity index is 949. The second-order valence-corrected chi connectivity index (χ2v) is 8.85. The quantitative estimate of drug-likeness (QED) is 0.697. The molecule has 2 aliphatic carbocycles. The first-order chi connectivity index (χ1) is 15.4. The molecule has 0 aliphatic heterocycles. The van der Waals surface area contributed by atoms with Crippen molar-refractivity contribution < 1.29 is 24.2 Å². The Kier molecular flexibility index (Phi) is 6.67. The van der Waals surface area contributed by atoms with Gasteiger partial charge in [-0.1, -0.05) is 0 Å². The molecule has 0 radical (unpaired) electrons. The zero-order valence-electron chi connectivity index (χ0n) is 18.7. The molecule has 1 amide bonds. The van der Waals surface area contributed by atoms with Crippen molar-refractivity contribution in [2.24, 2.45) is 5.92 Å². The van der Waals surface area contributed by atoms with Crippen molar-refractivity contribution in [2.75, 3.05) is 11.9 Å². The number of aliphatic carboxylic acids is 1.